The van der Waals surface area contributed by atoms with E-state index in [1.54, 1.807) is 11.9 Å². The highest BCUT2D eigenvalue weighted by Crippen LogP contribution is 2.18. The minimum absolute atomic E-state index is 0.237. The van der Waals surface area contributed by atoms with Crippen LogP contribution in [0, 0.1) is 12.8 Å². The van der Waals surface area contributed by atoms with E-state index >= 15 is 0 Å². The van der Waals surface area contributed by atoms with Crippen LogP contribution in [0.4, 0.5) is 0 Å². The third-order valence-corrected chi connectivity index (χ3v) is 4.00. The molecule has 1 aromatic carbocycles. The number of nitrogens with zero attached hydrogens (tertiary/aromatic N) is 3. The molecule has 1 atom stereocenters. The lowest BCUT2D eigenvalue weighted by Gasteiger charge is -2.19. The van der Waals surface area contributed by atoms with Gasteiger partial charge in [-0.15, -0.1) is 0 Å². The van der Waals surface area contributed by atoms with Gasteiger partial charge in [-0.1, -0.05) is 19.1 Å². The molecule has 0 bridgehead atoms. The lowest BCUT2D eigenvalue weighted by atomic mass is 10.1. The second-order valence-corrected chi connectivity index (χ2v) is 6.46. The van der Waals surface area contributed by atoms with Gasteiger partial charge in [0.25, 0.3) is 0 Å². The summed E-state index contributed by atoms with van der Waals surface area (Å²) in [6, 6.07) is 8.66. The lowest BCUT2D eigenvalue weighted by Crippen LogP contribution is -2.35. The van der Waals surface area contributed by atoms with Crippen molar-refractivity contribution in [3.8, 4) is 0 Å². The van der Waals surface area contributed by atoms with Gasteiger partial charge in [0.05, 0.1) is 6.54 Å². The third-order valence-electron chi connectivity index (χ3n) is 3.22. The summed E-state index contributed by atoms with van der Waals surface area (Å²) in [6.45, 7) is 9.35. The molecule has 0 radical (unpaired) electrons. The van der Waals surface area contributed by atoms with Crippen LogP contribution in [0.25, 0.3) is 0 Å². The van der Waals surface area contributed by atoms with Gasteiger partial charge >= 0.3 is 0 Å². The maximum absolute atomic E-state index is 4.66. The van der Waals surface area contributed by atoms with Crippen molar-refractivity contribution in [1.82, 2.24) is 9.73 Å². The van der Waals surface area contributed by atoms with Crippen LogP contribution in [0.5, 0.6) is 0 Å². The molecule has 0 aromatic heterocycles. The van der Waals surface area contributed by atoms with E-state index in [0.29, 0.717) is 5.92 Å². The Labute approximate surface area is 131 Å². The monoisotopic (exact) mass is 304 g/mol. The van der Waals surface area contributed by atoms with Crippen LogP contribution >= 0.6 is 11.9 Å². The lowest BCUT2D eigenvalue weighted by molar-refractivity contribution is 0.429. The number of aryl methyl sites for hydroxylation is 1. The van der Waals surface area contributed by atoms with Crippen molar-refractivity contribution in [2.24, 2.45) is 16.0 Å². The summed E-state index contributed by atoms with van der Waals surface area (Å²) in [4.78, 5) is 5.84. The number of hydrazone groups is 1. The summed E-state index contributed by atoms with van der Waals surface area (Å²) in [6.07, 6.45) is 3.13. The van der Waals surface area contributed by atoms with Gasteiger partial charge in [0.15, 0.2) is 0 Å². The van der Waals surface area contributed by atoms with E-state index in [1.807, 2.05) is 11.2 Å². The number of rotatable bonds is 4. The van der Waals surface area contributed by atoms with E-state index in [-0.39, 0.29) is 6.04 Å². The molecule has 0 spiro atoms. The van der Waals surface area contributed by atoms with Crippen LogP contribution in [-0.2, 0) is 0 Å². The van der Waals surface area contributed by atoms with E-state index in [9.17, 15) is 0 Å². The standard InChI is InChI=1S/C16H24N4S/c1-5-14-10-17-20(11-14)16(18-12(2)3)19-21-15-8-6-7-13(4)9-15/h6-10,12,14H,5,11H2,1-4H3,(H,18,19). The summed E-state index contributed by atoms with van der Waals surface area (Å²) in [7, 11) is 0. The Bertz CT molecular complexity index is 525. The first kappa shape index (κ1) is 15.9. The van der Waals surface area contributed by atoms with Crippen molar-refractivity contribution in [2.45, 2.75) is 45.1 Å². The van der Waals surface area contributed by atoms with Gasteiger partial charge in [0.2, 0.25) is 5.96 Å². The molecule has 1 aliphatic heterocycles. The van der Waals surface area contributed by atoms with Crippen LogP contribution in [0.2, 0.25) is 0 Å². The Morgan fingerprint density at radius 3 is 2.95 bits per heavy atom. The SMILES string of the molecule is CCC1C=NN(C(=NC(C)C)NSc2cccc(C)c2)C1. The van der Waals surface area contributed by atoms with E-state index in [2.05, 4.69) is 66.8 Å². The maximum atomic E-state index is 4.66. The Kier molecular flexibility index (Phi) is 5.67. The van der Waals surface area contributed by atoms with E-state index in [1.165, 1.54) is 10.5 Å². The van der Waals surface area contributed by atoms with E-state index < -0.39 is 0 Å². The maximum Gasteiger partial charge on any atom is 0.225 e. The summed E-state index contributed by atoms with van der Waals surface area (Å²) >= 11 is 1.58. The molecule has 0 saturated heterocycles. The zero-order valence-corrected chi connectivity index (χ0v) is 14.0. The summed E-state index contributed by atoms with van der Waals surface area (Å²) < 4.78 is 3.36. The molecule has 5 heteroatoms. The van der Waals surface area contributed by atoms with Gasteiger partial charge in [-0.05, 0) is 56.8 Å². The van der Waals surface area contributed by atoms with Gasteiger partial charge in [-0.25, -0.2) is 10.0 Å². The first-order valence-electron chi connectivity index (χ1n) is 7.47. The molecular weight excluding hydrogens is 280 g/mol. The number of benzene rings is 1. The van der Waals surface area contributed by atoms with Crippen molar-refractivity contribution in [2.75, 3.05) is 6.54 Å². The highest BCUT2D eigenvalue weighted by molar-refractivity contribution is 7.98. The van der Waals surface area contributed by atoms with Crippen LogP contribution in [-0.4, -0.2) is 29.8 Å². The quantitative estimate of drug-likeness (QED) is 0.524. The fourth-order valence-corrected chi connectivity index (χ4v) is 2.80. The van der Waals surface area contributed by atoms with Gasteiger partial charge < -0.3 is 0 Å². The molecule has 1 aromatic rings. The van der Waals surface area contributed by atoms with Gasteiger partial charge in [0.1, 0.15) is 0 Å². The molecule has 2 rings (SSSR count). The minimum atomic E-state index is 0.237. The molecule has 114 valence electrons. The van der Waals surface area contributed by atoms with Crippen LogP contribution in [0.1, 0.15) is 32.8 Å². The summed E-state index contributed by atoms with van der Waals surface area (Å²) in [5.41, 5.74) is 1.26. The summed E-state index contributed by atoms with van der Waals surface area (Å²) in [5.74, 6) is 1.36. The second-order valence-electron chi connectivity index (χ2n) is 5.58. The summed E-state index contributed by atoms with van der Waals surface area (Å²) in [5, 5.41) is 6.44. The largest absolute Gasteiger partial charge is 0.295 e. The van der Waals surface area contributed by atoms with E-state index in [0.717, 1.165) is 18.9 Å². The molecule has 1 N–H and O–H groups in total. The Morgan fingerprint density at radius 1 is 1.52 bits per heavy atom. The number of nitrogens with one attached hydrogen (secondary N) is 1. The Balaban J connectivity index is 2.03. The molecular formula is C16H24N4S. The van der Waals surface area contributed by atoms with Gasteiger partial charge in [0, 0.05) is 23.1 Å². The molecule has 0 aliphatic carbocycles. The molecule has 0 saturated carbocycles. The highest BCUT2D eigenvalue weighted by atomic mass is 32.2. The Morgan fingerprint density at radius 2 is 2.33 bits per heavy atom. The average Bonchev–Trinajstić information content (AvgIpc) is 2.92. The topological polar surface area (TPSA) is 40.0 Å². The predicted molar refractivity (Wildman–Crippen MR) is 91.7 cm³/mol. The fourth-order valence-electron chi connectivity index (χ4n) is 2.04. The van der Waals surface area contributed by atoms with Crippen molar-refractivity contribution >= 4 is 24.1 Å². The molecule has 0 fully saturated rings. The second kappa shape index (κ2) is 7.50. The molecule has 1 aliphatic rings. The fraction of sp³-hybridized carbons (Fsp3) is 0.500. The predicted octanol–water partition coefficient (Wildman–Crippen LogP) is 3.68. The first-order chi connectivity index (χ1) is 10.1. The van der Waals surface area contributed by atoms with Crippen LogP contribution < -0.4 is 4.72 Å². The van der Waals surface area contributed by atoms with Gasteiger partial charge in [-0.2, -0.15) is 5.10 Å². The molecule has 4 nitrogen and oxygen atoms in total. The molecule has 1 unspecified atom stereocenters. The Hall–Kier alpha value is -1.49. The van der Waals surface area contributed by atoms with Crippen molar-refractivity contribution < 1.29 is 0 Å². The smallest absolute Gasteiger partial charge is 0.225 e. The average molecular weight is 304 g/mol. The normalized spacial score (nSPS) is 18.6. The zero-order chi connectivity index (χ0) is 15.2. The minimum Gasteiger partial charge on any atom is -0.295 e. The number of guanidine groups is 1. The third kappa shape index (κ3) is 4.77. The van der Waals surface area contributed by atoms with Crippen molar-refractivity contribution in [3.63, 3.8) is 0 Å². The zero-order valence-electron chi connectivity index (χ0n) is 13.2. The molecule has 0 amide bonds. The molecule has 21 heavy (non-hydrogen) atoms. The van der Waals surface area contributed by atoms with Crippen molar-refractivity contribution in [1.29, 1.82) is 0 Å². The number of hydrogen-bond donors (Lipinski definition) is 1. The number of aliphatic imine (C=N–C) groups is 1. The van der Waals surface area contributed by atoms with Gasteiger partial charge in [-0.3, -0.25) is 4.72 Å². The first-order valence-corrected chi connectivity index (χ1v) is 8.29. The van der Waals surface area contributed by atoms with Crippen LogP contribution in [0.3, 0.4) is 0 Å². The van der Waals surface area contributed by atoms with Crippen LogP contribution in [0.15, 0.2) is 39.3 Å². The highest BCUT2D eigenvalue weighted by Gasteiger charge is 2.20. The molecule has 1 heterocycles. The van der Waals surface area contributed by atoms with Crippen molar-refractivity contribution in [3.05, 3.63) is 29.8 Å². The number of hydrogen-bond acceptors (Lipinski definition) is 3. The van der Waals surface area contributed by atoms with E-state index in [4.69, 9.17) is 0 Å².